The van der Waals surface area contributed by atoms with Crippen molar-refractivity contribution in [2.24, 2.45) is 0 Å². The Kier molecular flexibility index (Phi) is 6.89. The minimum Gasteiger partial charge on any atom is -0.264 e. The lowest BCUT2D eigenvalue weighted by Crippen LogP contribution is -1.91. The summed E-state index contributed by atoms with van der Waals surface area (Å²) in [6.07, 6.45) is 11.1. The Bertz CT molecular complexity index is 1810. The van der Waals surface area contributed by atoms with Gasteiger partial charge in [-0.15, -0.1) is 0 Å². The van der Waals surface area contributed by atoms with E-state index in [9.17, 15) is 0 Å². The van der Waals surface area contributed by atoms with Crippen molar-refractivity contribution in [2.45, 2.75) is 0 Å². The summed E-state index contributed by atoms with van der Waals surface area (Å²) in [5, 5.41) is 0. The SMILES string of the molecule is c1cncc(-c2ccc(-c3cccc(-c4ccc(-c5cccnc5)cc4)c3-c3ccc(-c4cccnc4)cc3)cc2)c1. The molecule has 0 aliphatic heterocycles. The van der Waals surface area contributed by atoms with Crippen molar-refractivity contribution >= 4 is 0 Å². The van der Waals surface area contributed by atoms with Gasteiger partial charge in [0.2, 0.25) is 0 Å². The van der Waals surface area contributed by atoms with Crippen molar-refractivity contribution < 1.29 is 0 Å². The van der Waals surface area contributed by atoms with Gasteiger partial charge in [0.25, 0.3) is 0 Å². The monoisotopic (exact) mass is 537 g/mol. The molecular formula is C39H27N3. The van der Waals surface area contributed by atoms with E-state index in [4.69, 9.17) is 0 Å². The lowest BCUT2D eigenvalue weighted by Gasteiger charge is -2.17. The summed E-state index contributed by atoms with van der Waals surface area (Å²) >= 11 is 0. The van der Waals surface area contributed by atoms with Crippen LogP contribution in [0.25, 0.3) is 66.8 Å². The molecule has 0 N–H and O–H groups in total. The third kappa shape index (κ3) is 5.12. The maximum Gasteiger partial charge on any atom is 0.0346 e. The molecule has 7 aromatic rings. The molecular weight excluding hydrogens is 510 g/mol. The molecule has 0 aliphatic rings. The van der Waals surface area contributed by atoms with Gasteiger partial charge in [0.1, 0.15) is 0 Å². The van der Waals surface area contributed by atoms with Gasteiger partial charge in [-0.2, -0.15) is 0 Å². The van der Waals surface area contributed by atoms with E-state index in [1.165, 1.54) is 33.4 Å². The van der Waals surface area contributed by atoms with Gasteiger partial charge in [0, 0.05) is 37.2 Å². The predicted molar refractivity (Wildman–Crippen MR) is 172 cm³/mol. The third-order valence-electron chi connectivity index (χ3n) is 7.61. The van der Waals surface area contributed by atoms with E-state index in [1.54, 1.807) is 18.6 Å². The Morgan fingerprint density at radius 1 is 0.262 bits per heavy atom. The maximum atomic E-state index is 4.30. The molecule has 3 nitrogen and oxygen atoms in total. The van der Waals surface area contributed by atoms with Crippen molar-refractivity contribution in [1.29, 1.82) is 0 Å². The number of rotatable bonds is 6. The topological polar surface area (TPSA) is 38.7 Å². The van der Waals surface area contributed by atoms with Gasteiger partial charge in [-0.1, -0.05) is 109 Å². The van der Waals surface area contributed by atoms with Gasteiger partial charge < -0.3 is 0 Å². The number of nitrogens with zero attached hydrogens (tertiary/aromatic N) is 3. The lowest BCUT2D eigenvalue weighted by molar-refractivity contribution is 1.33. The molecule has 0 spiro atoms. The van der Waals surface area contributed by atoms with Crippen LogP contribution in [0.15, 0.2) is 165 Å². The third-order valence-corrected chi connectivity index (χ3v) is 7.61. The summed E-state index contributed by atoms with van der Waals surface area (Å²) in [5.74, 6) is 0. The molecule has 3 aromatic heterocycles. The maximum absolute atomic E-state index is 4.30. The Morgan fingerprint density at radius 2 is 0.595 bits per heavy atom. The van der Waals surface area contributed by atoms with Crippen LogP contribution in [0, 0.1) is 0 Å². The first-order valence-corrected chi connectivity index (χ1v) is 14.0. The standard InChI is InChI=1S/C39H27N3/c1-8-37(31-16-10-28(11-17-31)34-5-2-22-40-25-34)39(33-20-14-30(15-21-33)36-7-4-24-42-27-36)38(9-1)32-18-12-29(13-19-32)35-6-3-23-41-26-35/h1-27H. The Balaban J connectivity index is 1.34. The van der Waals surface area contributed by atoms with Gasteiger partial charge >= 0.3 is 0 Å². The fourth-order valence-corrected chi connectivity index (χ4v) is 5.46. The molecule has 3 heterocycles. The summed E-state index contributed by atoms with van der Waals surface area (Å²) in [7, 11) is 0. The van der Waals surface area contributed by atoms with Crippen LogP contribution in [0.2, 0.25) is 0 Å². The highest BCUT2D eigenvalue weighted by atomic mass is 14.6. The van der Waals surface area contributed by atoms with Gasteiger partial charge in [0.15, 0.2) is 0 Å². The average Bonchev–Trinajstić information content (AvgIpc) is 3.09. The number of hydrogen-bond acceptors (Lipinski definition) is 3. The zero-order chi connectivity index (χ0) is 28.1. The van der Waals surface area contributed by atoms with Crippen LogP contribution in [-0.2, 0) is 0 Å². The quantitative estimate of drug-likeness (QED) is 0.212. The molecule has 0 unspecified atom stereocenters. The van der Waals surface area contributed by atoms with Crippen LogP contribution in [-0.4, -0.2) is 15.0 Å². The Hall–Kier alpha value is -5.67. The van der Waals surface area contributed by atoms with Crippen LogP contribution >= 0.6 is 0 Å². The molecule has 7 rings (SSSR count). The van der Waals surface area contributed by atoms with E-state index >= 15 is 0 Å². The molecule has 3 heteroatoms. The summed E-state index contributed by atoms with van der Waals surface area (Å²) in [5.41, 5.74) is 13.9. The summed E-state index contributed by atoms with van der Waals surface area (Å²) < 4.78 is 0. The fourth-order valence-electron chi connectivity index (χ4n) is 5.46. The highest BCUT2D eigenvalue weighted by Crippen LogP contribution is 2.41. The Morgan fingerprint density at radius 3 is 0.929 bits per heavy atom. The number of pyridine rings is 3. The minimum absolute atomic E-state index is 1.11. The van der Waals surface area contributed by atoms with E-state index in [1.807, 2.05) is 36.8 Å². The van der Waals surface area contributed by atoms with E-state index in [0.717, 1.165) is 33.4 Å². The summed E-state index contributed by atoms with van der Waals surface area (Å²) in [6, 6.07) is 45.1. The first kappa shape index (κ1) is 25.3. The predicted octanol–water partition coefficient (Wildman–Crippen LogP) is 9.87. The first-order chi connectivity index (χ1) is 20.8. The second kappa shape index (κ2) is 11.4. The fraction of sp³-hybridized carbons (Fsp3) is 0. The van der Waals surface area contributed by atoms with E-state index < -0.39 is 0 Å². The number of hydrogen-bond donors (Lipinski definition) is 0. The van der Waals surface area contributed by atoms with Gasteiger partial charge in [-0.05, 0) is 85.0 Å². The van der Waals surface area contributed by atoms with E-state index in [-0.39, 0.29) is 0 Å². The van der Waals surface area contributed by atoms with Gasteiger partial charge in [-0.3, -0.25) is 15.0 Å². The molecule has 0 saturated carbocycles. The van der Waals surface area contributed by atoms with Crippen molar-refractivity contribution in [3.05, 3.63) is 165 Å². The molecule has 0 fully saturated rings. The lowest BCUT2D eigenvalue weighted by atomic mass is 9.86. The van der Waals surface area contributed by atoms with E-state index in [2.05, 4.69) is 124 Å². The highest BCUT2D eigenvalue weighted by molar-refractivity contribution is 5.95. The first-order valence-electron chi connectivity index (χ1n) is 14.0. The molecule has 0 aliphatic carbocycles. The van der Waals surface area contributed by atoms with Gasteiger partial charge in [0.05, 0.1) is 0 Å². The number of aromatic nitrogens is 3. The molecule has 0 bridgehead atoms. The zero-order valence-corrected chi connectivity index (χ0v) is 22.9. The summed E-state index contributed by atoms with van der Waals surface area (Å²) in [4.78, 5) is 12.9. The smallest absolute Gasteiger partial charge is 0.0346 e. The molecule has 198 valence electrons. The normalized spacial score (nSPS) is 10.9. The highest BCUT2D eigenvalue weighted by Gasteiger charge is 2.15. The molecule has 0 saturated heterocycles. The molecule has 0 radical (unpaired) electrons. The zero-order valence-electron chi connectivity index (χ0n) is 22.9. The molecule has 0 amide bonds. The van der Waals surface area contributed by atoms with Crippen molar-refractivity contribution in [3.63, 3.8) is 0 Å². The largest absolute Gasteiger partial charge is 0.264 e. The van der Waals surface area contributed by atoms with Crippen molar-refractivity contribution in [3.8, 4) is 66.8 Å². The summed E-state index contributed by atoms with van der Waals surface area (Å²) in [6.45, 7) is 0. The van der Waals surface area contributed by atoms with Crippen LogP contribution in [0.3, 0.4) is 0 Å². The minimum atomic E-state index is 1.11. The second-order valence-corrected chi connectivity index (χ2v) is 10.2. The van der Waals surface area contributed by atoms with Crippen LogP contribution in [0.4, 0.5) is 0 Å². The van der Waals surface area contributed by atoms with Crippen LogP contribution in [0.1, 0.15) is 0 Å². The second-order valence-electron chi connectivity index (χ2n) is 10.2. The molecule has 4 aromatic carbocycles. The average molecular weight is 538 g/mol. The van der Waals surface area contributed by atoms with Crippen molar-refractivity contribution in [1.82, 2.24) is 15.0 Å². The van der Waals surface area contributed by atoms with Crippen LogP contribution < -0.4 is 0 Å². The Labute approximate surface area is 245 Å². The number of benzene rings is 4. The van der Waals surface area contributed by atoms with Gasteiger partial charge in [-0.25, -0.2) is 0 Å². The van der Waals surface area contributed by atoms with Crippen LogP contribution in [0.5, 0.6) is 0 Å². The van der Waals surface area contributed by atoms with Crippen molar-refractivity contribution in [2.75, 3.05) is 0 Å². The molecule has 0 atom stereocenters. The molecule has 42 heavy (non-hydrogen) atoms. The van der Waals surface area contributed by atoms with E-state index in [0.29, 0.717) is 0 Å².